The first-order chi connectivity index (χ1) is 13.3. The summed E-state index contributed by atoms with van der Waals surface area (Å²) in [7, 11) is -3.62. The third-order valence-electron chi connectivity index (χ3n) is 4.96. The fourth-order valence-electron chi connectivity index (χ4n) is 3.30. The predicted molar refractivity (Wildman–Crippen MR) is 116 cm³/mol. The van der Waals surface area contributed by atoms with E-state index in [-0.39, 0.29) is 36.2 Å². The van der Waals surface area contributed by atoms with Crippen LogP contribution < -0.4 is 5.32 Å². The van der Waals surface area contributed by atoms with Crippen LogP contribution in [0.15, 0.2) is 42.5 Å². The summed E-state index contributed by atoms with van der Waals surface area (Å²) >= 11 is 2.22. The number of anilines is 1. The maximum absolute atomic E-state index is 13.8. The number of rotatable bonds is 5. The van der Waals surface area contributed by atoms with E-state index in [2.05, 4.69) is 27.9 Å². The monoisotopic (exact) mass is 516 g/mol. The topological polar surface area (TPSA) is 66.5 Å². The maximum atomic E-state index is 13.8. The molecule has 0 spiro atoms. The number of halogens is 2. The Bertz CT molecular complexity index is 973. The Kier molecular flexibility index (Phi) is 6.72. The first kappa shape index (κ1) is 21.2. The molecule has 1 amide bonds. The molecule has 0 radical (unpaired) electrons. The van der Waals surface area contributed by atoms with Crippen LogP contribution >= 0.6 is 22.6 Å². The third-order valence-corrected chi connectivity index (χ3v) is 7.46. The van der Waals surface area contributed by atoms with Crippen LogP contribution in [-0.2, 0) is 20.6 Å². The van der Waals surface area contributed by atoms with Gasteiger partial charge in [-0.15, -0.1) is 0 Å². The van der Waals surface area contributed by atoms with Crippen molar-refractivity contribution in [2.75, 3.05) is 18.4 Å². The van der Waals surface area contributed by atoms with Gasteiger partial charge in [-0.3, -0.25) is 4.79 Å². The van der Waals surface area contributed by atoms with E-state index in [1.54, 1.807) is 6.07 Å². The number of nitrogens with zero attached hydrogens (tertiary/aromatic N) is 1. The molecule has 150 valence electrons. The van der Waals surface area contributed by atoms with Crippen LogP contribution in [0.2, 0.25) is 0 Å². The molecule has 0 aromatic heterocycles. The lowest BCUT2D eigenvalue weighted by atomic mass is 9.97. The Balaban J connectivity index is 1.59. The standard InChI is InChI=1S/C20H22FIN2O3S/c1-14-12-17(22)6-7-19(14)23-20(25)15-8-10-24(11-9-15)28(26,27)13-16-4-2-3-5-18(16)21/h2-7,12,15H,8-11,13H2,1H3,(H,23,25). The van der Waals surface area contributed by atoms with Crippen molar-refractivity contribution in [3.63, 3.8) is 0 Å². The van der Waals surface area contributed by atoms with Crippen molar-refractivity contribution in [2.24, 2.45) is 5.92 Å². The van der Waals surface area contributed by atoms with Gasteiger partial charge in [-0.2, -0.15) is 0 Å². The lowest BCUT2D eigenvalue weighted by Gasteiger charge is -2.30. The molecule has 0 unspecified atom stereocenters. The minimum atomic E-state index is -3.62. The highest BCUT2D eigenvalue weighted by atomic mass is 127. The van der Waals surface area contributed by atoms with Crippen molar-refractivity contribution in [3.8, 4) is 0 Å². The second kappa shape index (κ2) is 8.87. The van der Waals surface area contributed by atoms with Crippen LogP contribution in [-0.4, -0.2) is 31.7 Å². The lowest BCUT2D eigenvalue weighted by molar-refractivity contribution is -0.120. The normalized spacial score (nSPS) is 16.1. The molecule has 1 aliphatic heterocycles. The molecule has 3 rings (SSSR count). The average Bonchev–Trinajstić information content (AvgIpc) is 2.66. The summed E-state index contributed by atoms with van der Waals surface area (Å²) in [5.74, 6) is -1.21. The molecule has 2 aromatic carbocycles. The highest BCUT2D eigenvalue weighted by molar-refractivity contribution is 14.1. The summed E-state index contributed by atoms with van der Waals surface area (Å²) in [6.45, 7) is 2.47. The summed E-state index contributed by atoms with van der Waals surface area (Å²) in [5.41, 5.74) is 1.93. The van der Waals surface area contributed by atoms with E-state index >= 15 is 0 Å². The second-order valence-electron chi connectivity index (χ2n) is 6.97. The molecule has 8 heteroatoms. The van der Waals surface area contributed by atoms with Gasteiger partial charge >= 0.3 is 0 Å². The Morgan fingerprint density at radius 1 is 1.21 bits per heavy atom. The highest BCUT2D eigenvalue weighted by Gasteiger charge is 2.31. The molecule has 1 heterocycles. The number of benzene rings is 2. The van der Waals surface area contributed by atoms with Crippen LogP contribution in [0.4, 0.5) is 10.1 Å². The number of hydrogen-bond acceptors (Lipinski definition) is 3. The molecule has 0 aliphatic carbocycles. The second-order valence-corrected chi connectivity index (χ2v) is 10.2. The molecule has 5 nitrogen and oxygen atoms in total. The fourth-order valence-corrected chi connectivity index (χ4v) is 5.53. The summed E-state index contributed by atoms with van der Waals surface area (Å²) in [6, 6.07) is 11.7. The molecular weight excluding hydrogens is 494 g/mol. The van der Waals surface area contributed by atoms with Gasteiger partial charge in [-0.25, -0.2) is 17.1 Å². The van der Waals surface area contributed by atoms with Crippen molar-refractivity contribution in [3.05, 3.63) is 63.0 Å². The van der Waals surface area contributed by atoms with E-state index in [1.807, 2.05) is 25.1 Å². The van der Waals surface area contributed by atoms with Gasteiger partial charge in [-0.1, -0.05) is 18.2 Å². The molecule has 1 saturated heterocycles. The van der Waals surface area contributed by atoms with Crippen molar-refractivity contribution in [2.45, 2.75) is 25.5 Å². The smallest absolute Gasteiger partial charge is 0.227 e. The zero-order chi connectivity index (χ0) is 20.3. The number of nitrogens with one attached hydrogen (secondary N) is 1. The quantitative estimate of drug-likeness (QED) is 0.613. The first-order valence-corrected chi connectivity index (χ1v) is 11.7. The zero-order valence-corrected chi connectivity index (χ0v) is 18.5. The van der Waals surface area contributed by atoms with Crippen LogP contribution in [0.25, 0.3) is 0 Å². The van der Waals surface area contributed by atoms with E-state index in [1.165, 1.54) is 22.5 Å². The maximum Gasteiger partial charge on any atom is 0.227 e. The molecule has 0 saturated carbocycles. The number of piperidine rings is 1. The highest BCUT2D eigenvalue weighted by Crippen LogP contribution is 2.25. The van der Waals surface area contributed by atoms with Gasteiger partial charge in [0.2, 0.25) is 15.9 Å². The van der Waals surface area contributed by atoms with E-state index < -0.39 is 15.8 Å². The van der Waals surface area contributed by atoms with Gasteiger partial charge in [0.1, 0.15) is 5.82 Å². The number of aryl methyl sites for hydroxylation is 1. The zero-order valence-electron chi connectivity index (χ0n) is 15.5. The van der Waals surface area contributed by atoms with E-state index in [0.717, 1.165) is 14.8 Å². The summed E-state index contributed by atoms with van der Waals surface area (Å²) in [6.07, 6.45) is 0.900. The van der Waals surface area contributed by atoms with Crippen molar-refractivity contribution in [1.82, 2.24) is 4.31 Å². The van der Waals surface area contributed by atoms with Crippen molar-refractivity contribution >= 4 is 44.2 Å². The Hall–Kier alpha value is -1.52. The molecule has 1 aliphatic rings. The van der Waals surface area contributed by atoms with E-state index in [4.69, 9.17) is 0 Å². The van der Waals surface area contributed by atoms with Crippen LogP contribution in [0.5, 0.6) is 0 Å². The van der Waals surface area contributed by atoms with E-state index in [0.29, 0.717) is 12.8 Å². The Morgan fingerprint density at radius 3 is 2.54 bits per heavy atom. The van der Waals surface area contributed by atoms with Gasteiger partial charge in [-0.05, 0) is 72.2 Å². The van der Waals surface area contributed by atoms with Gasteiger partial charge in [0, 0.05) is 33.8 Å². The SMILES string of the molecule is Cc1cc(I)ccc1NC(=O)C1CCN(S(=O)(=O)Cc2ccccc2F)CC1. The molecule has 1 N–H and O–H groups in total. The van der Waals surface area contributed by atoms with Gasteiger partial charge in [0.15, 0.2) is 0 Å². The minimum absolute atomic E-state index is 0.0875. The lowest BCUT2D eigenvalue weighted by Crippen LogP contribution is -2.42. The minimum Gasteiger partial charge on any atom is -0.326 e. The molecule has 1 fully saturated rings. The third kappa shape index (κ3) is 5.09. The van der Waals surface area contributed by atoms with Gasteiger partial charge in [0.25, 0.3) is 0 Å². The van der Waals surface area contributed by atoms with Gasteiger partial charge < -0.3 is 5.32 Å². The Labute approximate surface area is 178 Å². The number of carbonyl (C=O) groups is 1. The summed E-state index contributed by atoms with van der Waals surface area (Å²) in [5, 5.41) is 2.95. The predicted octanol–water partition coefficient (Wildman–Crippen LogP) is 3.92. The number of sulfonamides is 1. The first-order valence-electron chi connectivity index (χ1n) is 9.04. The van der Waals surface area contributed by atoms with E-state index in [9.17, 15) is 17.6 Å². The summed E-state index contributed by atoms with van der Waals surface area (Å²) in [4.78, 5) is 12.6. The number of amides is 1. The molecule has 0 atom stereocenters. The average molecular weight is 516 g/mol. The summed E-state index contributed by atoms with van der Waals surface area (Å²) < 4.78 is 41.5. The van der Waals surface area contributed by atoms with Crippen molar-refractivity contribution < 1.29 is 17.6 Å². The number of hydrogen-bond donors (Lipinski definition) is 1. The van der Waals surface area contributed by atoms with Crippen LogP contribution in [0, 0.1) is 22.2 Å². The van der Waals surface area contributed by atoms with Crippen LogP contribution in [0.1, 0.15) is 24.0 Å². The largest absolute Gasteiger partial charge is 0.326 e. The molecule has 0 bridgehead atoms. The molecular formula is C20H22FIN2O3S. The van der Waals surface area contributed by atoms with Crippen LogP contribution in [0.3, 0.4) is 0 Å². The van der Waals surface area contributed by atoms with Crippen molar-refractivity contribution in [1.29, 1.82) is 0 Å². The fraction of sp³-hybridized carbons (Fsp3) is 0.350. The van der Waals surface area contributed by atoms with Gasteiger partial charge in [0.05, 0.1) is 5.75 Å². The molecule has 28 heavy (non-hydrogen) atoms. The Morgan fingerprint density at radius 2 is 1.89 bits per heavy atom. The molecule has 2 aromatic rings. The number of carbonyl (C=O) groups excluding carboxylic acids is 1.